The topological polar surface area (TPSA) is 220 Å². The molecule has 1 aromatic heterocycles. The third kappa shape index (κ3) is 11.6. The minimum Gasteiger partial charge on any atom is -0.388 e. The van der Waals surface area contributed by atoms with Gasteiger partial charge in [-0.25, -0.2) is 9.78 Å². The number of piperazine rings is 1. The fourth-order valence-corrected chi connectivity index (χ4v) is 7.54. The number of halogens is 1. The Labute approximate surface area is 375 Å². The lowest BCUT2D eigenvalue weighted by atomic mass is 10.0. The Bertz CT molecular complexity index is 2420. The second-order valence-corrected chi connectivity index (χ2v) is 15.6. The number of aromatic nitrogens is 2. The van der Waals surface area contributed by atoms with E-state index >= 15 is 0 Å². The van der Waals surface area contributed by atoms with E-state index in [4.69, 9.17) is 21.1 Å². The van der Waals surface area contributed by atoms with Crippen LogP contribution in [0.25, 0.3) is 0 Å². The van der Waals surface area contributed by atoms with E-state index < -0.39 is 18.1 Å². The van der Waals surface area contributed by atoms with Crippen molar-refractivity contribution in [2.24, 2.45) is 0 Å². The molecule has 18 nitrogen and oxygen atoms in total. The van der Waals surface area contributed by atoms with Crippen molar-refractivity contribution in [3.63, 3.8) is 0 Å². The zero-order valence-electron chi connectivity index (χ0n) is 35.2. The summed E-state index contributed by atoms with van der Waals surface area (Å²) in [6, 6.07) is 19.3. The summed E-state index contributed by atoms with van der Waals surface area (Å²) < 4.78 is 11.1. The van der Waals surface area contributed by atoms with E-state index in [1.165, 1.54) is 11.1 Å². The first kappa shape index (κ1) is 45.3. The molecule has 0 radical (unpaired) electrons. The quantitative estimate of drug-likeness (QED) is 0.0541. The number of urea groups is 1. The van der Waals surface area contributed by atoms with E-state index in [2.05, 4.69) is 53.3 Å². The van der Waals surface area contributed by atoms with Crippen LogP contribution in [0.2, 0.25) is 5.02 Å². The number of amides is 6. The van der Waals surface area contributed by atoms with Crippen molar-refractivity contribution < 1.29 is 38.6 Å². The molecular formula is C45H49ClN10O8. The average Bonchev–Trinajstić information content (AvgIpc) is 3.63. The zero-order valence-corrected chi connectivity index (χ0v) is 36.0. The number of rotatable bonds is 16. The molecule has 334 valence electrons. The van der Waals surface area contributed by atoms with E-state index in [0.29, 0.717) is 91.3 Å². The molecule has 7 rings (SSSR count). The van der Waals surface area contributed by atoms with Crippen LogP contribution in [-0.4, -0.2) is 133 Å². The Morgan fingerprint density at radius 2 is 1.78 bits per heavy atom. The lowest BCUT2D eigenvalue weighted by molar-refractivity contribution is -0.136. The van der Waals surface area contributed by atoms with Crippen LogP contribution in [0, 0.1) is 11.8 Å². The van der Waals surface area contributed by atoms with Crippen molar-refractivity contribution in [3.8, 4) is 11.8 Å². The van der Waals surface area contributed by atoms with Crippen molar-refractivity contribution in [2.45, 2.75) is 38.0 Å². The molecule has 2 atom stereocenters. The molecular weight excluding hydrogens is 844 g/mol. The van der Waals surface area contributed by atoms with Crippen molar-refractivity contribution in [1.82, 2.24) is 35.7 Å². The predicted octanol–water partition coefficient (Wildman–Crippen LogP) is 3.41. The minimum atomic E-state index is -0.843. The fraction of sp³-hybridized carbons (Fsp3) is 0.356. The number of aliphatic hydroxyl groups is 1. The molecule has 2 saturated heterocycles. The first-order valence-electron chi connectivity index (χ1n) is 20.9. The summed E-state index contributed by atoms with van der Waals surface area (Å²) in [5.41, 5.74) is 4.77. The Kier molecular flexibility index (Phi) is 15.2. The number of fused-ring (bicyclic) bond motifs is 1. The summed E-state index contributed by atoms with van der Waals surface area (Å²) in [6.45, 7) is 3.73. The van der Waals surface area contributed by atoms with Crippen LogP contribution in [0.4, 0.5) is 33.6 Å². The molecule has 0 aliphatic carbocycles. The lowest BCUT2D eigenvalue weighted by Gasteiger charge is -2.36. The van der Waals surface area contributed by atoms with Crippen molar-refractivity contribution >= 4 is 70.1 Å². The van der Waals surface area contributed by atoms with Gasteiger partial charge in [0.15, 0.2) is 5.82 Å². The predicted molar refractivity (Wildman–Crippen MR) is 239 cm³/mol. The number of carbonyl (C=O) groups is 5. The second kappa shape index (κ2) is 21.5. The van der Waals surface area contributed by atoms with Gasteiger partial charge < -0.3 is 50.5 Å². The monoisotopic (exact) mass is 892 g/mol. The van der Waals surface area contributed by atoms with E-state index in [0.717, 1.165) is 16.9 Å². The van der Waals surface area contributed by atoms with Gasteiger partial charge in [-0.05, 0) is 73.0 Å². The number of aliphatic hydroxyl groups excluding tert-OH is 1. The fourth-order valence-electron chi connectivity index (χ4n) is 7.40. The van der Waals surface area contributed by atoms with E-state index in [1.807, 2.05) is 36.4 Å². The summed E-state index contributed by atoms with van der Waals surface area (Å²) >= 11 is 6.38. The second-order valence-electron chi connectivity index (χ2n) is 15.2. The molecule has 3 aliphatic heterocycles. The van der Waals surface area contributed by atoms with Crippen LogP contribution in [0.15, 0.2) is 72.9 Å². The standard InChI is InChI=1S/C45H49ClN10O8/c1-47-41(59)35-7-2-3-8-37(35)51-40-36(46)25-49-44(53-40)50-31-10-12-32(13-11-31)54-18-20-55(21-19-54)45(62)48-17-5-23-64-28-33(57)27-63-22-4-6-29-9-14-34-30(24-29)26-56(43(34)61)38-15-16-39(58)52-42(38)60/h2-3,7-14,24-25,33,38,57H,5,15-23,26-28H2,1H3,(H,47,59)(H,48,62)(H,52,58,60)(H2,49,50,51,53). The molecule has 0 spiro atoms. The van der Waals surface area contributed by atoms with Crippen LogP contribution in [-0.2, 0) is 25.6 Å². The summed E-state index contributed by atoms with van der Waals surface area (Å²) in [4.78, 5) is 76.1. The van der Waals surface area contributed by atoms with E-state index in [1.54, 1.807) is 42.3 Å². The number of ether oxygens (including phenoxy) is 2. The highest BCUT2D eigenvalue weighted by Gasteiger charge is 2.39. The minimum absolute atomic E-state index is 0.0363. The number of piperidine rings is 1. The number of hydrogen-bond donors (Lipinski definition) is 6. The van der Waals surface area contributed by atoms with Crippen molar-refractivity contribution in [3.05, 3.63) is 100 Å². The number of benzene rings is 3. The molecule has 19 heteroatoms. The third-order valence-electron chi connectivity index (χ3n) is 10.7. The van der Waals surface area contributed by atoms with Gasteiger partial charge >= 0.3 is 6.03 Å². The number of para-hydroxylation sites is 1. The first-order valence-corrected chi connectivity index (χ1v) is 21.3. The largest absolute Gasteiger partial charge is 0.388 e. The Balaban J connectivity index is 0.744. The molecule has 3 aliphatic rings. The normalized spacial score (nSPS) is 16.3. The molecule has 4 aromatic rings. The van der Waals surface area contributed by atoms with Gasteiger partial charge in [-0.2, -0.15) is 4.98 Å². The highest BCUT2D eigenvalue weighted by molar-refractivity contribution is 6.33. The van der Waals surface area contributed by atoms with Crippen molar-refractivity contribution in [2.75, 3.05) is 81.7 Å². The highest BCUT2D eigenvalue weighted by atomic mass is 35.5. The lowest BCUT2D eigenvalue weighted by Crippen LogP contribution is -2.52. The first-order chi connectivity index (χ1) is 31.1. The molecule has 4 heterocycles. The molecule has 2 fully saturated rings. The molecule has 6 N–H and O–H groups in total. The third-order valence-corrected chi connectivity index (χ3v) is 11.0. The molecule has 2 unspecified atom stereocenters. The summed E-state index contributed by atoms with van der Waals surface area (Å²) in [6.07, 6.45) is 1.72. The number of anilines is 5. The number of nitrogens with zero attached hydrogens (tertiary/aromatic N) is 5. The van der Waals surface area contributed by atoms with Gasteiger partial charge in [0.25, 0.3) is 11.8 Å². The van der Waals surface area contributed by atoms with Gasteiger partial charge in [0, 0.05) is 81.8 Å². The molecule has 3 aromatic carbocycles. The van der Waals surface area contributed by atoms with Crippen LogP contribution in [0.5, 0.6) is 0 Å². The average molecular weight is 893 g/mol. The van der Waals surface area contributed by atoms with E-state index in [9.17, 15) is 29.1 Å². The van der Waals surface area contributed by atoms with Crippen LogP contribution in [0.1, 0.15) is 51.1 Å². The van der Waals surface area contributed by atoms with Gasteiger partial charge in [0.1, 0.15) is 23.8 Å². The Morgan fingerprint density at radius 3 is 2.56 bits per heavy atom. The van der Waals surface area contributed by atoms with Crippen LogP contribution < -0.4 is 31.5 Å². The smallest absolute Gasteiger partial charge is 0.317 e. The van der Waals surface area contributed by atoms with Crippen LogP contribution in [0.3, 0.4) is 0 Å². The van der Waals surface area contributed by atoms with E-state index in [-0.39, 0.29) is 56.5 Å². The molecule has 6 amide bonds. The molecule has 0 saturated carbocycles. The summed E-state index contributed by atoms with van der Waals surface area (Å²) in [5.74, 6) is 5.32. The molecule has 64 heavy (non-hydrogen) atoms. The zero-order chi connectivity index (χ0) is 45.0. The summed E-state index contributed by atoms with van der Waals surface area (Å²) in [5, 5.41) is 24.8. The van der Waals surface area contributed by atoms with Gasteiger partial charge in [0.2, 0.25) is 17.8 Å². The Hall–Kier alpha value is -6.78. The highest BCUT2D eigenvalue weighted by Crippen LogP contribution is 2.29. The number of carbonyl (C=O) groups excluding carboxylic acids is 5. The number of imide groups is 1. The number of hydrogen-bond acceptors (Lipinski definition) is 13. The van der Waals surface area contributed by atoms with Gasteiger partial charge in [-0.1, -0.05) is 35.6 Å². The van der Waals surface area contributed by atoms with Gasteiger partial charge in [-0.3, -0.25) is 24.5 Å². The SMILES string of the molecule is CNC(=O)c1ccccc1Nc1nc(Nc2ccc(N3CCN(C(=O)NCCCOCC(O)COCC#Cc4ccc5c(c4)CN(C4CCC(=O)NC4=O)C5=O)CC3)cc2)ncc1Cl. The van der Waals surface area contributed by atoms with Crippen LogP contribution >= 0.6 is 11.6 Å². The summed E-state index contributed by atoms with van der Waals surface area (Å²) in [7, 11) is 1.57. The van der Waals surface area contributed by atoms with Crippen molar-refractivity contribution in [1.29, 1.82) is 0 Å². The maximum Gasteiger partial charge on any atom is 0.317 e. The maximum absolute atomic E-state index is 12.9. The number of nitrogens with one attached hydrogen (secondary N) is 5. The Morgan fingerprint density at radius 1 is 1.00 bits per heavy atom. The molecule has 0 bridgehead atoms. The van der Waals surface area contributed by atoms with Gasteiger partial charge in [-0.15, -0.1) is 0 Å². The van der Waals surface area contributed by atoms with Gasteiger partial charge in [0.05, 0.1) is 30.7 Å². The maximum atomic E-state index is 12.9.